The minimum absolute atomic E-state index is 0.187. The second-order valence-corrected chi connectivity index (χ2v) is 6.16. The molecule has 0 spiro atoms. The number of aromatic amines is 1. The van der Waals surface area contributed by atoms with Crippen molar-refractivity contribution in [1.82, 2.24) is 19.9 Å². The van der Waals surface area contributed by atoms with Gasteiger partial charge >= 0.3 is 0 Å². The van der Waals surface area contributed by atoms with E-state index in [4.69, 9.17) is 10.00 Å². The van der Waals surface area contributed by atoms with E-state index < -0.39 is 0 Å². The smallest absolute Gasteiger partial charge is 0.142 e. The molecule has 0 aliphatic carbocycles. The molecule has 4 heterocycles. The fraction of sp³-hybridized carbons (Fsp3) is 0.389. The van der Waals surface area contributed by atoms with Crippen LogP contribution in [0.25, 0.3) is 21.9 Å². The lowest BCUT2D eigenvalue weighted by Crippen LogP contribution is -2.40. The van der Waals surface area contributed by atoms with Crippen LogP contribution >= 0.6 is 0 Å². The Morgan fingerprint density at radius 3 is 3.21 bits per heavy atom. The number of nitrogens with zero attached hydrogens (tertiary/aromatic N) is 4. The fourth-order valence-electron chi connectivity index (χ4n) is 3.42. The largest absolute Gasteiger partial charge is 0.488 e. The lowest BCUT2D eigenvalue weighted by molar-refractivity contribution is 0.0932. The molecule has 122 valence electrons. The minimum atomic E-state index is 0.187. The maximum Gasteiger partial charge on any atom is 0.142 e. The number of H-pyrrole nitrogens is 1. The molecule has 0 aromatic carbocycles. The van der Waals surface area contributed by atoms with Gasteiger partial charge in [-0.15, -0.1) is 0 Å². The predicted octanol–water partition coefficient (Wildman–Crippen LogP) is 2.85. The van der Waals surface area contributed by atoms with Crippen LogP contribution in [0.2, 0.25) is 0 Å². The molecule has 24 heavy (non-hydrogen) atoms. The van der Waals surface area contributed by atoms with Crippen LogP contribution in [0.4, 0.5) is 0 Å². The van der Waals surface area contributed by atoms with Crippen LogP contribution in [0, 0.1) is 11.3 Å². The third-order valence-electron chi connectivity index (χ3n) is 4.66. The summed E-state index contributed by atoms with van der Waals surface area (Å²) in [7, 11) is 0. The van der Waals surface area contributed by atoms with Crippen LogP contribution in [0.3, 0.4) is 0 Å². The van der Waals surface area contributed by atoms with Crippen molar-refractivity contribution < 1.29 is 4.74 Å². The SMILES string of the molecule is CCN1CCCC(Oc2ccnc3[nH]c4cnc(C#N)cc4c23)C1. The number of rotatable bonds is 3. The molecule has 3 aromatic heterocycles. The van der Waals surface area contributed by atoms with Gasteiger partial charge in [-0.3, -0.25) is 4.90 Å². The highest BCUT2D eigenvalue weighted by Crippen LogP contribution is 2.33. The average Bonchev–Trinajstić information content (AvgIpc) is 3.00. The zero-order valence-electron chi connectivity index (χ0n) is 13.6. The molecule has 1 unspecified atom stereocenters. The van der Waals surface area contributed by atoms with Crippen molar-refractivity contribution >= 4 is 21.9 Å². The number of fused-ring (bicyclic) bond motifs is 3. The summed E-state index contributed by atoms with van der Waals surface area (Å²) in [4.78, 5) is 14.2. The van der Waals surface area contributed by atoms with Gasteiger partial charge in [-0.2, -0.15) is 5.26 Å². The molecule has 0 saturated carbocycles. The van der Waals surface area contributed by atoms with Crippen LogP contribution in [-0.2, 0) is 0 Å². The highest BCUT2D eigenvalue weighted by Gasteiger charge is 2.22. The Labute approximate surface area is 140 Å². The maximum atomic E-state index is 9.12. The van der Waals surface area contributed by atoms with E-state index in [0.717, 1.165) is 60.2 Å². The molecule has 1 aliphatic heterocycles. The first-order chi connectivity index (χ1) is 11.8. The Kier molecular flexibility index (Phi) is 3.79. The fourth-order valence-corrected chi connectivity index (χ4v) is 3.42. The number of likely N-dealkylation sites (tertiary alicyclic amines) is 1. The maximum absolute atomic E-state index is 9.12. The molecule has 1 saturated heterocycles. The Balaban J connectivity index is 1.76. The zero-order valence-corrected chi connectivity index (χ0v) is 13.6. The molecule has 4 rings (SSSR count). The summed E-state index contributed by atoms with van der Waals surface area (Å²) >= 11 is 0. The van der Waals surface area contributed by atoms with E-state index in [0.29, 0.717) is 5.69 Å². The second-order valence-electron chi connectivity index (χ2n) is 6.16. The first kappa shape index (κ1) is 14.9. The van der Waals surface area contributed by atoms with Gasteiger partial charge in [0.25, 0.3) is 0 Å². The normalized spacial score (nSPS) is 18.8. The topological polar surface area (TPSA) is 77.8 Å². The highest BCUT2D eigenvalue weighted by atomic mass is 16.5. The number of hydrogen-bond acceptors (Lipinski definition) is 5. The van der Waals surface area contributed by atoms with E-state index in [9.17, 15) is 0 Å². The third kappa shape index (κ3) is 2.57. The lowest BCUT2D eigenvalue weighted by Gasteiger charge is -2.32. The molecule has 1 aliphatic rings. The standard InChI is InChI=1S/C18H19N5O/c1-2-23-7-3-4-13(11-23)24-16-5-6-20-18-17(16)14-8-12(9-19)21-10-15(14)22-18/h5-6,8,10,13H,2-4,7,11H2,1H3,(H,20,22). The van der Waals surface area contributed by atoms with Gasteiger partial charge in [0.1, 0.15) is 29.3 Å². The molecule has 0 radical (unpaired) electrons. The van der Waals surface area contributed by atoms with E-state index in [2.05, 4.69) is 32.8 Å². The Morgan fingerprint density at radius 2 is 2.38 bits per heavy atom. The monoisotopic (exact) mass is 321 g/mol. The summed E-state index contributed by atoms with van der Waals surface area (Å²) in [5.74, 6) is 0.823. The molecular formula is C18H19N5O. The molecular weight excluding hydrogens is 302 g/mol. The second kappa shape index (κ2) is 6.10. The van der Waals surface area contributed by atoms with Crippen molar-refractivity contribution in [3.8, 4) is 11.8 Å². The molecule has 1 N–H and O–H groups in total. The van der Waals surface area contributed by atoms with E-state index in [1.165, 1.54) is 0 Å². The summed E-state index contributed by atoms with van der Waals surface area (Å²) < 4.78 is 6.34. The van der Waals surface area contributed by atoms with Crippen molar-refractivity contribution in [2.24, 2.45) is 0 Å². The van der Waals surface area contributed by atoms with Crippen LogP contribution in [0.15, 0.2) is 24.5 Å². The molecule has 3 aromatic rings. The molecule has 6 nitrogen and oxygen atoms in total. The molecule has 0 bridgehead atoms. The number of hydrogen-bond donors (Lipinski definition) is 1. The number of piperidine rings is 1. The zero-order chi connectivity index (χ0) is 16.5. The summed E-state index contributed by atoms with van der Waals surface area (Å²) in [6, 6.07) is 5.80. The summed E-state index contributed by atoms with van der Waals surface area (Å²) in [6.07, 6.45) is 5.84. The number of nitriles is 1. The number of aromatic nitrogens is 3. The van der Waals surface area contributed by atoms with Gasteiger partial charge in [0.05, 0.1) is 17.1 Å². The van der Waals surface area contributed by atoms with Crippen LogP contribution < -0.4 is 4.74 Å². The van der Waals surface area contributed by atoms with Gasteiger partial charge in [0.2, 0.25) is 0 Å². The van der Waals surface area contributed by atoms with Gasteiger partial charge in [-0.05, 0) is 38.1 Å². The first-order valence-corrected chi connectivity index (χ1v) is 8.34. The third-order valence-corrected chi connectivity index (χ3v) is 4.66. The van der Waals surface area contributed by atoms with E-state index in [-0.39, 0.29) is 6.10 Å². The van der Waals surface area contributed by atoms with Crippen molar-refractivity contribution in [3.63, 3.8) is 0 Å². The predicted molar refractivity (Wildman–Crippen MR) is 91.9 cm³/mol. The van der Waals surface area contributed by atoms with E-state index in [1.807, 2.05) is 6.07 Å². The lowest BCUT2D eigenvalue weighted by atomic mass is 10.1. The average molecular weight is 321 g/mol. The quantitative estimate of drug-likeness (QED) is 0.802. The van der Waals surface area contributed by atoms with E-state index in [1.54, 1.807) is 18.5 Å². The van der Waals surface area contributed by atoms with Crippen molar-refractivity contribution in [2.75, 3.05) is 19.6 Å². The van der Waals surface area contributed by atoms with Gasteiger partial charge in [-0.1, -0.05) is 6.92 Å². The molecule has 1 atom stereocenters. The van der Waals surface area contributed by atoms with Crippen LogP contribution in [0.5, 0.6) is 5.75 Å². The highest BCUT2D eigenvalue weighted by molar-refractivity contribution is 6.09. The van der Waals surface area contributed by atoms with Gasteiger partial charge in [-0.25, -0.2) is 9.97 Å². The Hall–Kier alpha value is -2.65. The van der Waals surface area contributed by atoms with Gasteiger partial charge in [0.15, 0.2) is 0 Å². The Morgan fingerprint density at radius 1 is 1.46 bits per heavy atom. The number of nitrogens with one attached hydrogen (secondary N) is 1. The van der Waals surface area contributed by atoms with Gasteiger partial charge in [0, 0.05) is 18.1 Å². The number of pyridine rings is 2. The van der Waals surface area contributed by atoms with Crippen molar-refractivity contribution in [2.45, 2.75) is 25.9 Å². The van der Waals surface area contributed by atoms with Crippen LogP contribution in [-0.4, -0.2) is 45.6 Å². The summed E-state index contributed by atoms with van der Waals surface area (Å²) in [6.45, 7) is 5.33. The Bertz CT molecular complexity index is 926. The summed E-state index contributed by atoms with van der Waals surface area (Å²) in [5, 5.41) is 11.0. The summed E-state index contributed by atoms with van der Waals surface area (Å²) in [5.41, 5.74) is 2.03. The molecule has 6 heteroatoms. The molecule has 0 amide bonds. The number of likely N-dealkylation sites (N-methyl/N-ethyl adjacent to an activating group) is 1. The number of ether oxygens (including phenoxy) is 1. The van der Waals surface area contributed by atoms with Gasteiger partial charge < -0.3 is 9.72 Å². The van der Waals surface area contributed by atoms with Crippen molar-refractivity contribution in [1.29, 1.82) is 5.26 Å². The van der Waals surface area contributed by atoms with Crippen molar-refractivity contribution in [3.05, 3.63) is 30.2 Å². The molecule has 1 fully saturated rings. The van der Waals surface area contributed by atoms with E-state index >= 15 is 0 Å². The first-order valence-electron chi connectivity index (χ1n) is 8.34. The van der Waals surface area contributed by atoms with Crippen LogP contribution in [0.1, 0.15) is 25.5 Å². The minimum Gasteiger partial charge on any atom is -0.488 e.